The molecule has 0 radical (unpaired) electrons. The fourth-order valence-corrected chi connectivity index (χ4v) is 2.31. The first kappa shape index (κ1) is 15.3. The van der Waals surface area contributed by atoms with Crippen LogP contribution >= 0.6 is 0 Å². The molecule has 0 aliphatic rings. The van der Waals surface area contributed by atoms with E-state index in [0.29, 0.717) is 30.2 Å². The average Bonchev–Trinajstić information content (AvgIpc) is 3.13. The molecule has 0 fully saturated rings. The number of aromatic amines is 1. The van der Waals surface area contributed by atoms with Gasteiger partial charge in [-0.3, -0.25) is 5.10 Å². The van der Waals surface area contributed by atoms with Crippen molar-refractivity contribution in [3.8, 4) is 5.69 Å². The van der Waals surface area contributed by atoms with Gasteiger partial charge in [0, 0.05) is 12.6 Å². The molecule has 0 spiro atoms. The lowest BCUT2D eigenvalue weighted by Crippen LogP contribution is -2.08. The minimum absolute atomic E-state index is 0.350. The normalized spacial score (nSPS) is 11.8. The Bertz CT molecular complexity index is 790. The zero-order valence-corrected chi connectivity index (χ0v) is 12.3. The number of halogens is 3. The number of aromatic nitrogens is 5. The Balaban J connectivity index is 1.91. The molecule has 23 heavy (non-hydrogen) atoms. The van der Waals surface area contributed by atoms with Crippen LogP contribution in [0.3, 0.4) is 0 Å². The van der Waals surface area contributed by atoms with Gasteiger partial charge >= 0.3 is 6.18 Å². The van der Waals surface area contributed by atoms with Gasteiger partial charge in [0.1, 0.15) is 11.6 Å². The van der Waals surface area contributed by atoms with Crippen molar-refractivity contribution in [2.24, 2.45) is 0 Å². The Morgan fingerprint density at radius 2 is 2.04 bits per heavy atom. The maximum Gasteiger partial charge on any atom is 0.416 e. The number of rotatable bonds is 4. The molecule has 0 amide bonds. The molecule has 8 heteroatoms. The summed E-state index contributed by atoms with van der Waals surface area (Å²) in [6.07, 6.45) is 0.322. The van der Waals surface area contributed by atoms with Gasteiger partial charge < -0.3 is 0 Å². The van der Waals surface area contributed by atoms with Crippen molar-refractivity contribution >= 4 is 0 Å². The highest BCUT2D eigenvalue weighted by molar-refractivity contribution is 5.37. The average molecular weight is 321 g/mol. The number of nitrogens with one attached hydrogen (secondary N) is 1. The van der Waals surface area contributed by atoms with Gasteiger partial charge in [0.05, 0.1) is 17.4 Å². The predicted octanol–water partition coefficient (Wildman–Crippen LogP) is 3.10. The summed E-state index contributed by atoms with van der Waals surface area (Å²) in [5, 5.41) is 10.8. The molecule has 120 valence electrons. The topological polar surface area (TPSA) is 59.4 Å². The molecule has 5 nitrogen and oxygen atoms in total. The highest BCUT2D eigenvalue weighted by Gasteiger charge is 2.30. The molecule has 3 rings (SSSR count). The number of hydrogen-bond acceptors (Lipinski definition) is 3. The Kier molecular flexibility index (Phi) is 3.89. The van der Waals surface area contributed by atoms with Crippen LogP contribution in [0.1, 0.15) is 22.8 Å². The second-order valence-electron chi connectivity index (χ2n) is 5.14. The van der Waals surface area contributed by atoms with Gasteiger partial charge in [-0.25, -0.2) is 9.67 Å². The fraction of sp³-hybridized carbons (Fsp3) is 0.267. The summed E-state index contributed by atoms with van der Waals surface area (Å²) < 4.78 is 40.1. The zero-order valence-electron chi connectivity index (χ0n) is 12.3. The molecular formula is C15H14F3N5. The highest BCUT2D eigenvalue weighted by Crippen LogP contribution is 2.30. The maximum absolute atomic E-state index is 12.9. The van der Waals surface area contributed by atoms with E-state index in [9.17, 15) is 13.2 Å². The van der Waals surface area contributed by atoms with Gasteiger partial charge in [0.2, 0.25) is 0 Å². The van der Waals surface area contributed by atoms with Crippen LogP contribution < -0.4 is 0 Å². The lowest BCUT2D eigenvalue weighted by Gasteiger charge is -2.10. The van der Waals surface area contributed by atoms with E-state index in [1.165, 1.54) is 10.7 Å². The van der Waals surface area contributed by atoms with Crippen molar-refractivity contribution in [3.63, 3.8) is 0 Å². The van der Waals surface area contributed by atoms with Gasteiger partial charge in [-0.15, -0.1) is 0 Å². The van der Waals surface area contributed by atoms with Crippen molar-refractivity contribution in [1.82, 2.24) is 25.0 Å². The fourth-order valence-electron chi connectivity index (χ4n) is 2.31. The summed E-state index contributed by atoms with van der Waals surface area (Å²) in [6, 6.07) is 5.08. The van der Waals surface area contributed by atoms with E-state index in [1.54, 1.807) is 25.4 Å². The minimum Gasteiger partial charge on any atom is -0.285 e. The largest absolute Gasteiger partial charge is 0.416 e. The van der Waals surface area contributed by atoms with Crippen LogP contribution in [0.15, 0.2) is 36.7 Å². The van der Waals surface area contributed by atoms with Gasteiger partial charge in [-0.1, -0.05) is 6.07 Å². The number of hydrogen-bond donors (Lipinski definition) is 1. The molecule has 0 saturated carbocycles. The predicted molar refractivity (Wildman–Crippen MR) is 77.1 cm³/mol. The molecule has 0 saturated heterocycles. The van der Waals surface area contributed by atoms with E-state index >= 15 is 0 Å². The first-order valence-electron chi connectivity index (χ1n) is 7.01. The van der Waals surface area contributed by atoms with Crippen LogP contribution in [0.2, 0.25) is 0 Å². The van der Waals surface area contributed by atoms with E-state index in [0.717, 1.165) is 17.7 Å². The Labute approximate surface area is 130 Å². The first-order chi connectivity index (χ1) is 10.9. The molecule has 1 aromatic carbocycles. The minimum atomic E-state index is -4.39. The van der Waals surface area contributed by atoms with Crippen LogP contribution in [-0.4, -0.2) is 25.0 Å². The van der Waals surface area contributed by atoms with Gasteiger partial charge in [0.15, 0.2) is 0 Å². The number of alkyl halides is 3. The van der Waals surface area contributed by atoms with Crippen LogP contribution in [-0.2, 0) is 19.0 Å². The third kappa shape index (κ3) is 3.41. The molecule has 2 aromatic heterocycles. The molecule has 0 aliphatic heterocycles. The number of nitrogens with zero attached hydrogens (tertiary/aromatic N) is 4. The van der Waals surface area contributed by atoms with Crippen LogP contribution in [0.25, 0.3) is 5.69 Å². The summed E-state index contributed by atoms with van der Waals surface area (Å²) in [4.78, 5) is 4.32. The van der Waals surface area contributed by atoms with E-state index in [4.69, 9.17) is 0 Å². The molecule has 0 aliphatic carbocycles. The highest BCUT2D eigenvalue weighted by atomic mass is 19.4. The lowest BCUT2D eigenvalue weighted by atomic mass is 10.1. The third-order valence-electron chi connectivity index (χ3n) is 3.39. The number of aryl methyl sites for hydroxylation is 3. The van der Waals surface area contributed by atoms with Gasteiger partial charge in [-0.2, -0.15) is 23.4 Å². The Hall–Kier alpha value is -2.64. The quantitative estimate of drug-likeness (QED) is 0.803. The number of benzene rings is 1. The summed E-state index contributed by atoms with van der Waals surface area (Å²) in [7, 11) is 0. The van der Waals surface area contributed by atoms with E-state index in [-0.39, 0.29) is 0 Å². The molecule has 3 aromatic rings. The SMILES string of the molecule is Cc1nc(CCc2cn[nH]c2)n(-c2cccc(C(F)(F)F)c2)n1. The van der Waals surface area contributed by atoms with E-state index in [2.05, 4.69) is 20.3 Å². The second-order valence-corrected chi connectivity index (χ2v) is 5.14. The van der Waals surface area contributed by atoms with Crippen molar-refractivity contribution in [1.29, 1.82) is 0 Å². The van der Waals surface area contributed by atoms with E-state index in [1.807, 2.05) is 0 Å². The van der Waals surface area contributed by atoms with Crippen LogP contribution in [0, 0.1) is 6.92 Å². The molecular weight excluding hydrogens is 307 g/mol. The zero-order chi connectivity index (χ0) is 16.4. The molecule has 0 unspecified atom stereocenters. The molecule has 0 atom stereocenters. The van der Waals surface area contributed by atoms with Crippen LogP contribution in [0.4, 0.5) is 13.2 Å². The maximum atomic E-state index is 12.9. The third-order valence-corrected chi connectivity index (χ3v) is 3.39. The Morgan fingerprint density at radius 3 is 2.74 bits per heavy atom. The van der Waals surface area contributed by atoms with Crippen molar-refractivity contribution in [2.45, 2.75) is 25.9 Å². The smallest absolute Gasteiger partial charge is 0.285 e. The van der Waals surface area contributed by atoms with Crippen molar-refractivity contribution in [2.75, 3.05) is 0 Å². The van der Waals surface area contributed by atoms with Crippen LogP contribution in [0.5, 0.6) is 0 Å². The summed E-state index contributed by atoms with van der Waals surface area (Å²) in [5.74, 6) is 1.13. The van der Waals surface area contributed by atoms with Gasteiger partial charge in [-0.05, 0) is 37.1 Å². The monoisotopic (exact) mass is 321 g/mol. The van der Waals surface area contributed by atoms with Crippen molar-refractivity contribution < 1.29 is 13.2 Å². The van der Waals surface area contributed by atoms with E-state index < -0.39 is 11.7 Å². The summed E-state index contributed by atoms with van der Waals surface area (Å²) in [6.45, 7) is 1.71. The second kappa shape index (κ2) is 5.86. The Morgan fingerprint density at radius 1 is 1.22 bits per heavy atom. The summed E-state index contributed by atoms with van der Waals surface area (Å²) >= 11 is 0. The summed E-state index contributed by atoms with van der Waals surface area (Å²) in [5.41, 5.74) is 0.646. The van der Waals surface area contributed by atoms with Crippen molar-refractivity contribution in [3.05, 3.63) is 59.4 Å². The molecule has 0 bridgehead atoms. The lowest BCUT2D eigenvalue weighted by molar-refractivity contribution is -0.137. The first-order valence-corrected chi connectivity index (χ1v) is 7.01. The number of H-pyrrole nitrogens is 1. The van der Waals surface area contributed by atoms with Gasteiger partial charge in [0.25, 0.3) is 0 Å². The standard InChI is InChI=1S/C15H14F3N5/c1-10-21-14(6-5-11-8-19-20-9-11)23(22-10)13-4-2-3-12(7-13)15(16,17)18/h2-4,7-9H,5-6H2,1H3,(H,19,20). The molecule has 1 N–H and O–H groups in total. The molecule has 2 heterocycles.